The summed E-state index contributed by atoms with van der Waals surface area (Å²) in [5, 5.41) is 11.9. The average Bonchev–Trinajstić information content (AvgIpc) is 3.47. The number of hydrogen-bond donors (Lipinski definition) is 1. The maximum Gasteiger partial charge on any atom is 0.230 e. The maximum atomic E-state index is 13.7. The third-order valence-corrected chi connectivity index (χ3v) is 5.67. The first kappa shape index (κ1) is 21.6. The Labute approximate surface area is 188 Å². The molecule has 0 unspecified atom stereocenters. The van der Waals surface area contributed by atoms with Gasteiger partial charge in [-0.1, -0.05) is 42.1 Å². The van der Waals surface area contributed by atoms with Crippen molar-refractivity contribution in [3.05, 3.63) is 84.1 Å². The Morgan fingerprint density at radius 2 is 2.03 bits per heavy atom. The molecular formula is C23H21FN4O3S. The highest BCUT2D eigenvalue weighted by molar-refractivity contribution is 7.99. The Kier molecular flexibility index (Phi) is 6.86. The number of halogens is 1. The third kappa shape index (κ3) is 5.17. The van der Waals surface area contributed by atoms with Crippen LogP contribution < -0.4 is 10.1 Å². The topological polar surface area (TPSA) is 82.2 Å². The molecule has 0 radical (unpaired) electrons. The van der Waals surface area contributed by atoms with E-state index in [0.717, 1.165) is 11.3 Å². The highest BCUT2D eigenvalue weighted by atomic mass is 32.2. The molecule has 4 aromatic rings. The fourth-order valence-electron chi connectivity index (χ4n) is 3.09. The van der Waals surface area contributed by atoms with Crippen LogP contribution in [0, 0.1) is 5.82 Å². The second kappa shape index (κ2) is 10.1. The van der Waals surface area contributed by atoms with Gasteiger partial charge >= 0.3 is 0 Å². The molecular weight excluding hydrogens is 431 g/mol. The lowest BCUT2D eigenvalue weighted by Gasteiger charge is -2.10. The quantitative estimate of drug-likeness (QED) is 0.385. The van der Waals surface area contributed by atoms with Gasteiger partial charge in [0.25, 0.3) is 0 Å². The fraction of sp³-hybridized carbons (Fsp3) is 0.174. The van der Waals surface area contributed by atoms with E-state index in [4.69, 9.17) is 9.15 Å². The molecule has 4 rings (SSSR count). The number of nitrogens with one attached hydrogen (secondary N) is 1. The van der Waals surface area contributed by atoms with E-state index in [0.29, 0.717) is 28.8 Å². The zero-order chi connectivity index (χ0) is 22.3. The molecule has 0 aliphatic carbocycles. The molecule has 0 fully saturated rings. The predicted molar refractivity (Wildman–Crippen MR) is 119 cm³/mol. The summed E-state index contributed by atoms with van der Waals surface area (Å²) in [4.78, 5) is 12.3. The fourth-order valence-corrected chi connectivity index (χ4v) is 3.86. The molecule has 0 bridgehead atoms. The van der Waals surface area contributed by atoms with Crippen LogP contribution in [0.2, 0.25) is 0 Å². The number of rotatable bonds is 9. The van der Waals surface area contributed by atoms with Gasteiger partial charge in [0.05, 0.1) is 25.7 Å². The number of furan rings is 1. The molecule has 0 aliphatic heterocycles. The summed E-state index contributed by atoms with van der Waals surface area (Å²) in [6.07, 6.45) is 1.61. The van der Waals surface area contributed by atoms with Crippen molar-refractivity contribution < 1.29 is 18.3 Å². The van der Waals surface area contributed by atoms with E-state index in [-0.39, 0.29) is 24.0 Å². The number of aromatic nitrogens is 3. The van der Waals surface area contributed by atoms with Gasteiger partial charge in [-0.05, 0) is 30.3 Å². The molecule has 2 aromatic carbocycles. The van der Waals surface area contributed by atoms with Crippen LogP contribution in [0.3, 0.4) is 0 Å². The molecule has 0 saturated heterocycles. The van der Waals surface area contributed by atoms with Gasteiger partial charge in [0.2, 0.25) is 5.91 Å². The predicted octanol–water partition coefficient (Wildman–Crippen LogP) is 4.14. The summed E-state index contributed by atoms with van der Waals surface area (Å²) in [5.74, 6) is 1.62. The minimum absolute atomic E-state index is 0.114. The molecule has 9 heteroatoms. The van der Waals surface area contributed by atoms with Gasteiger partial charge in [0.1, 0.15) is 17.3 Å². The summed E-state index contributed by atoms with van der Waals surface area (Å²) in [6, 6.07) is 17.6. The number of methoxy groups -OCH3 is 1. The van der Waals surface area contributed by atoms with Gasteiger partial charge in [-0.15, -0.1) is 10.2 Å². The van der Waals surface area contributed by atoms with Gasteiger partial charge in [0.15, 0.2) is 11.0 Å². The zero-order valence-electron chi connectivity index (χ0n) is 17.3. The lowest BCUT2D eigenvalue weighted by Crippen LogP contribution is -2.25. The second-order valence-electron chi connectivity index (χ2n) is 6.86. The Bertz CT molecular complexity index is 1190. The molecule has 0 spiro atoms. The SMILES string of the molecule is COc1cccc(-c2nnc(SCC(=O)NCc3ccccc3F)n2Cc2ccco2)c1. The van der Waals surface area contributed by atoms with Crippen molar-refractivity contribution >= 4 is 17.7 Å². The van der Waals surface area contributed by atoms with E-state index in [1.807, 2.05) is 41.0 Å². The van der Waals surface area contributed by atoms with E-state index in [9.17, 15) is 9.18 Å². The number of carbonyl (C=O) groups is 1. The molecule has 7 nitrogen and oxygen atoms in total. The molecule has 1 amide bonds. The number of nitrogens with zero attached hydrogens (tertiary/aromatic N) is 3. The van der Waals surface area contributed by atoms with Crippen molar-refractivity contribution in [2.75, 3.05) is 12.9 Å². The second-order valence-corrected chi connectivity index (χ2v) is 7.80. The Hall–Kier alpha value is -3.59. The van der Waals surface area contributed by atoms with Crippen LogP contribution in [0.25, 0.3) is 11.4 Å². The highest BCUT2D eigenvalue weighted by Crippen LogP contribution is 2.27. The largest absolute Gasteiger partial charge is 0.497 e. The van der Waals surface area contributed by atoms with E-state index in [1.54, 1.807) is 31.6 Å². The first-order chi connectivity index (χ1) is 15.6. The molecule has 0 aliphatic rings. The van der Waals surface area contributed by atoms with Crippen molar-refractivity contribution in [3.63, 3.8) is 0 Å². The lowest BCUT2D eigenvalue weighted by molar-refractivity contribution is -0.118. The van der Waals surface area contributed by atoms with Crippen molar-refractivity contribution in [3.8, 4) is 17.1 Å². The number of hydrogen-bond acceptors (Lipinski definition) is 6. The van der Waals surface area contributed by atoms with Gasteiger partial charge in [-0.3, -0.25) is 9.36 Å². The van der Waals surface area contributed by atoms with Crippen LogP contribution in [0.4, 0.5) is 4.39 Å². The Morgan fingerprint density at radius 3 is 2.81 bits per heavy atom. The molecule has 1 N–H and O–H groups in total. The zero-order valence-corrected chi connectivity index (χ0v) is 18.1. The van der Waals surface area contributed by atoms with Crippen molar-refractivity contribution in [2.24, 2.45) is 0 Å². The Morgan fingerprint density at radius 1 is 1.16 bits per heavy atom. The summed E-state index contributed by atoms with van der Waals surface area (Å²) < 4.78 is 26.5. The first-order valence-electron chi connectivity index (χ1n) is 9.87. The van der Waals surface area contributed by atoms with Crippen LogP contribution in [0.5, 0.6) is 5.75 Å². The van der Waals surface area contributed by atoms with Crippen LogP contribution >= 0.6 is 11.8 Å². The number of amides is 1. The highest BCUT2D eigenvalue weighted by Gasteiger charge is 2.17. The number of ether oxygens (including phenoxy) is 1. The van der Waals surface area contributed by atoms with E-state index < -0.39 is 0 Å². The Balaban J connectivity index is 1.49. The molecule has 164 valence electrons. The van der Waals surface area contributed by atoms with Gasteiger partial charge in [-0.25, -0.2) is 4.39 Å². The first-order valence-corrected chi connectivity index (χ1v) is 10.9. The minimum atomic E-state index is -0.346. The van der Waals surface area contributed by atoms with Crippen LogP contribution in [-0.2, 0) is 17.9 Å². The smallest absolute Gasteiger partial charge is 0.230 e. The van der Waals surface area contributed by atoms with E-state index >= 15 is 0 Å². The number of benzene rings is 2. The maximum absolute atomic E-state index is 13.7. The molecule has 2 aromatic heterocycles. The summed E-state index contributed by atoms with van der Waals surface area (Å²) in [6.45, 7) is 0.534. The summed E-state index contributed by atoms with van der Waals surface area (Å²) in [7, 11) is 1.61. The number of thioether (sulfide) groups is 1. The van der Waals surface area contributed by atoms with E-state index in [1.165, 1.54) is 17.8 Å². The summed E-state index contributed by atoms with van der Waals surface area (Å²) in [5.41, 5.74) is 1.27. The normalized spacial score (nSPS) is 10.8. The van der Waals surface area contributed by atoms with Crippen molar-refractivity contribution in [2.45, 2.75) is 18.2 Å². The molecule has 0 atom stereocenters. The summed E-state index contributed by atoms with van der Waals surface area (Å²) >= 11 is 1.25. The van der Waals surface area contributed by atoms with Crippen LogP contribution in [0.1, 0.15) is 11.3 Å². The minimum Gasteiger partial charge on any atom is -0.497 e. The van der Waals surface area contributed by atoms with Crippen molar-refractivity contribution in [1.29, 1.82) is 0 Å². The third-order valence-electron chi connectivity index (χ3n) is 4.71. The van der Waals surface area contributed by atoms with Crippen LogP contribution in [0.15, 0.2) is 76.5 Å². The van der Waals surface area contributed by atoms with E-state index in [2.05, 4.69) is 15.5 Å². The van der Waals surface area contributed by atoms with Crippen molar-refractivity contribution in [1.82, 2.24) is 20.1 Å². The monoisotopic (exact) mass is 452 g/mol. The van der Waals surface area contributed by atoms with Gasteiger partial charge in [0, 0.05) is 17.7 Å². The number of carbonyl (C=O) groups excluding carboxylic acids is 1. The van der Waals surface area contributed by atoms with Gasteiger partial charge < -0.3 is 14.5 Å². The lowest BCUT2D eigenvalue weighted by atomic mass is 10.2. The standard InChI is InChI=1S/C23H21FN4O3S/c1-30-18-8-4-7-16(12-18)22-26-27-23(28(22)14-19-9-5-11-31-19)32-15-21(29)25-13-17-6-2-3-10-20(17)24/h2-12H,13-15H2,1H3,(H,25,29). The van der Waals surface area contributed by atoms with Gasteiger partial charge in [-0.2, -0.15) is 0 Å². The molecule has 0 saturated carbocycles. The molecule has 32 heavy (non-hydrogen) atoms. The average molecular weight is 453 g/mol. The molecule has 2 heterocycles. The van der Waals surface area contributed by atoms with Crippen LogP contribution in [-0.4, -0.2) is 33.5 Å².